The summed E-state index contributed by atoms with van der Waals surface area (Å²) in [6.07, 6.45) is 1.26. The third-order valence-electron chi connectivity index (χ3n) is 6.50. The number of anilines is 1. The molecule has 7 nitrogen and oxygen atoms in total. The zero-order valence-corrected chi connectivity index (χ0v) is 19.7. The molecule has 2 aliphatic rings. The quantitative estimate of drug-likeness (QED) is 0.503. The van der Waals surface area contributed by atoms with E-state index in [0.29, 0.717) is 42.4 Å². The molecule has 2 amide bonds. The third kappa shape index (κ3) is 4.80. The molecule has 3 aromatic rings. The molecule has 0 unspecified atom stereocenters. The molecule has 0 N–H and O–H groups in total. The molecule has 5 rings (SSSR count). The van der Waals surface area contributed by atoms with Crippen LogP contribution in [0.25, 0.3) is 0 Å². The number of methoxy groups -OCH3 is 1. The number of rotatable bonds is 6. The molecular formula is C28H28N2O5. The summed E-state index contributed by atoms with van der Waals surface area (Å²) in [6, 6.07) is 22.7. The smallest absolute Gasteiger partial charge is 0.414 e. The largest absolute Gasteiger partial charge is 0.493 e. The molecule has 2 aliphatic heterocycles. The summed E-state index contributed by atoms with van der Waals surface area (Å²) in [6.45, 7) is 1.53. The predicted octanol–water partition coefficient (Wildman–Crippen LogP) is 5.04. The molecule has 0 saturated carbocycles. The van der Waals surface area contributed by atoms with E-state index in [-0.39, 0.29) is 18.6 Å². The van der Waals surface area contributed by atoms with Crippen LogP contribution in [-0.2, 0) is 18.0 Å². The molecule has 0 bridgehead atoms. The molecule has 1 fully saturated rings. The lowest BCUT2D eigenvalue weighted by atomic mass is 10.1. The van der Waals surface area contributed by atoms with Gasteiger partial charge in [-0.15, -0.1) is 0 Å². The Bertz CT molecular complexity index is 1200. The van der Waals surface area contributed by atoms with Crippen LogP contribution in [0.2, 0.25) is 0 Å². The Labute approximate surface area is 204 Å². The first-order valence-corrected chi connectivity index (χ1v) is 11.8. The van der Waals surface area contributed by atoms with Crippen LogP contribution in [-0.4, -0.2) is 43.1 Å². The first-order valence-electron chi connectivity index (χ1n) is 11.8. The van der Waals surface area contributed by atoms with Gasteiger partial charge in [0, 0.05) is 19.2 Å². The van der Waals surface area contributed by atoms with Crippen molar-refractivity contribution in [1.82, 2.24) is 4.90 Å². The zero-order chi connectivity index (χ0) is 24.2. The minimum Gasteiger partial charge on any atom is -0.493 e. The van der Waals surface area contributed by atoms with Crippen LogP contribution in [0, 0.1) is 0 Å². The van der Waals surface area contributed by atoms with Crippen molar-refractivity contribution in [2.24, 2.45) is 0 Å². The molecular weight excluding hydrogens is 444 g/mol. The highest BCUT2D eigenvalue weighted by Crippen LogP contribution is 2.40. The predicted molar refractivity (Wildman–Crippen MR) is 132 cm³/mol. The fourth-order valence-corrected chi connectivity index (χ4v) is 4.68. The highest BCUT2D eigenvalue weighted by molar-refractivity contribution is 6.05. The molecule has 3 aromatic carbocycles. The van der Waals surface area contributed by atoms with Gasteiger partial charge in [-0.05, 0) is 30.0 Å². The molecule has 1 saturated heterocycles. The number of hydrogen-bond acceptors (Lipinski definition) is 5. The lowest BCUT2D eigenvalue weighted by molar-refractivity contribution is 0.0746. The van der Waals surface area contributed by atoms with Crippen molar-refractivity contribution in [2.75, 3.05) is 25.1 Å². The highest BCUT2D eigenvalue weighted by atomic mass is 16.6. The van der Waals surface area contributed by atoms with Crippen LogP contribution in [0.1, 0.15) is 34.3 Å². The first kappa shape index (κ1) is 22.8. The maximum absolute atomic E-state index is 13.5. The van der Waals surface area contributed by atoms with Crippen LogP contribution in [0.3, 0.4) is 0 Å². The van der Waals surface area contributed by atoms with E-state index >= 15 is 0 Å². The molecule has 180 valence electrons. The van der Waals surface area contributed by atoms with E-state index in [1.54, 1.807) is 24.1 Å². The SMILES string of the molecule is COc1cc2c(cc1OCc1ccccc1)N(C(=O)OCc1ccccc1)C[C@@H]1CCCN1C2=O. The summed E-state index contributed by atoms with van der Waals surface area (Å²) in [5, 5.41) is 0. The fourth-order valence-electron chi connectivity index (χ4n) is 4.68. The number of hydrogen-bond donors (Lipinski definition) is 0. The monoisotopic (exact) mass is 472 g/mol. The van der Waals surface area contributed by atoms with Crippen molar-refractivity contribution < 1.29 is 23.8 Å². The Balaban J connectivity index is 1.48. The van der Waals surface area contributed by atoms with Crippen molar-refractivity contribution in [3.8, 4) is 11.5 Å². The first-order chi connectivity index (χ1) is 17.1. The summed E-state index contributed by atoms with van der Waals surface area (Å²) >= 11 is 0. The van der Waals surface area contributed by atoms with Gasteiger partial charge in [0.25, 0.3) is 5.91 Å². The van der Waals surface area contributed by atoms with Gasteiger partial charge in [-0.1, -0.05) is 60.7 Å². The van der Waals surface area contributed by atoms with Crippen LogP contribution in [0.15, 0.2) is 72.8 Å². The average Bonchev–Trinajstić information content (AvgIpc) is 3.34. The summed E-state index contributed by atoms with van der Waals surface area (Å²) in [7, 11) is 1.54. The number of nitrogens with zero attached hydrogens (tertiary/aromatic N) is 2. The maximum atomic E-state index is 13.5. The molecule has 1 atom stereocenters. The Hall–Kier alpha value is -4.00. The highest BCUT2D eigenvalue weighted by Gasteiger charge is 2.39. The van der Waals surface area contributed by atoms with Gasteiger partial charge in [0.05, 0.1) is 24.4 Å². The van der Waals surface area contributed by atoms with Crippen LogP contribution >= 0.6 is 0 Å². The van der Waals surface area contributed by atoms with Crippen LogP contribution in [0.5, 0.6) is 11.5 Å². The van der Waals surface area contributed by atoms with E-state index < -0.39 is 6.09 Å². The number of ether oxygens (including phenoxy) is 3. The lowest BCUT2D eigenvalue weighted by Gasteiger charge is -2.26. The Morgan fingerprint density at radius 1 is 0.943 bits per heavy atom. The standard InChI is InChI=1S/C28H28N2O5/c1-33-25-15-23-24(16-26(25)34-18-20-9-4-2-5-10-20)30(17-22-13-8-14-29(22)27(23)31)28(32)35-19-21-11-6-3-7-12-21/h2-7,9-12,15-16,22H,8,13-14,17-19H2,1H3/t22-/m0/s1. The van der Waals surface area contributed by atoms with Crippen molar-refractivity contribution >= 4 is 17.7 Å². The summed E-state index contributed by atoms with van der Waals surface area (Å²) in [5.41, 5.74) is 2.79. The molecule has 35 heavy (non-hydrogen) atoms. The number of fused-ring (bicyclic) bond motifs is 2. The van der Waals surface area contributed by atoms with Gasteiger partial charge < -0.3 is 19.1 Å². The van der Waals surface area contributed by atoms with Crippen molar-refractivity contribution in [1.29, 1.82) is 0 Å². The normalized spacial score (nSPS) is 16.8. The van der Waals surface area contributed by atoms with Gasteiger partial charge in [0.1, 0.15) is 13.2 Å². The van der Waals surface area contributed by atoms with Gasteiger partial charge in [-0.3, -0.25) is 9.69 Å². The second-order valence-corrected chi connectivity index (χ2v) is 8.74. The minimum absolute atomic E-state index is 0.0566. The second-order valence-electron chi connectivity index (χ2n) is 8.74. The molecule has 0 radical (unpaired) electrons. The molecule has 0 spiro atoms. The number of carbonyl (C=O) groups is 2. The van der Waals surface area contributed by atoms with Gasteiger partial charge in [-0.25, -0.2) is 4.79 Å². The van der Waals surface area contributed by atoms with Crippen molar-refractivity contribution in [3.05, 3.63) is 89.5 Å². The van der Waals surface area contributed by atoms with Crippen LogP contribution < -0.4 is 14.4 Å². The lowest BCUT2D eigenvalue weighted by Crippen LogP contribution is -2.42. The zero-order valence-electron chi connectivity index (χ0n) is 19.7. The van der Waals surface area contributed by atoms with Gasteiger partial charge in [0.2, 0.25) is 0 Å². The van der Waals surface area contributed by atoms with Crippen molar-refractivity contribution in [2.45, 2.75) is 32.1 Å². The molecule has 7 heteroatoms. The van der Waals surface area contributed by atoms with Gasteiger partial charge in [-0.2, -0.15) is 0 Å². The van der Waals surface area contributed by atoms with E-state index in [1.807, 2.05) is 65.6 Å². The molecule has 2 heterocycles. The van der Waals surface area contributed by atoms with Gasteiger partial charge >= 0.3 is 6.09 Å². The summed E-state index contributed by atoms with van der Waals surface area (Å²) in [4.78, 5) is 30.2. The topological polar surface area (TPSA) is 68.3 Å². The fraction of sp³-hybridized carbons (Fsp3) is 0.286. The van der Waals surface area contributed by atoms with E-state index in [2.05, 4.69) is 0 Å². The second kappa shape index (κ2) is 10.1. The Morgan fingerprint density at radius 2 is 1.63 bits per heavy atom. The van der Waals surface area contributed by atoms with E-state index in [9.17, 15) is 9.59 Å². The number of benzene rings is 3. The Morgan fingerprint density at radius 3 is 2.31 bits per heavy atom. The molecule has 0 aromatic heterocycles. The summed E-state index contributed by atoms with van der Waals surface area (Å²) < 4.78 is 17.3. The third-order valence-corrected chi connectivity index (χ3v) is 6.50. The van der Waals surface area contributed by atoms with Crippen molar-refractivity contribution in [3.63, 3.8) is 0 Å². The van der Waals surface area contributed by atoms with Gasteiger partial charge in [0.15, 0.2) is 11.5 Å². The molecule has 0 aliphatic carbocycles. The number of carbonyl (C=O) groups excluding carboxylic acids is 2. The minimum atomic E-state index is -0.490. The average molecular weight is 473 g/mol. The van der Waals surface area contributed by atoms with E-state index in [0.717, 1.165) is 24.0 Å². The Kier molecular flexibility index (Phi) is 6.57. The summed E-state index contributed by atoms with van der Waals surface area (Å²) in [5.74, 6) is 0.808. The van der Waals surface area contributed by atoms with E-state index in [1.165, 1.54) is 0 Å². The van der Waals surface area contributed by atoms with Crippen LogP contribution in [0.4, 0.5) is 10.5 Å². The maximum Gasteiger partial charge on any atom is 0.414 e. The van der Waals surface area contributed by atoms with E-state index in [4.69, 9.17) is 14.2 Å². The number of amides is 2.